The highest BCUT2D eigenvalue weighted by Gasteiger charge is 2.30. The highest BCUT2D eigenvalue weighted by molar-refractivity contribution is 5.13. The van der Waals surface area contributed by atoms with E-state index in [1.54, 1.807) is 0 Å². The summed E-state index contributed by atoms with van der Waals surface area (Å²) in [6, 6.07) is 10.2. The second-order valence-corrected chi connectivity index (χ2v) is 3.73. The largest absolute Gasteiger partial charge is 0.373 e. The Morgan fingerprint density at radius 2 is 2.07 bits per heavy atom. The summed E-state index contributed by atoms with van der Waals surface area (Å²) in [6.07, 6.45) is 4.81. The summed E-state index contributed by atoms with van der Waals surface area (Å²) in [5, 5.41) is 0. The van der Waals surface area contributed by atoms with Gasteiger partial charge in [0.15, 0.2) is 0 Å². The van der Waals surface area contributed by atoms with Gasteiger partial charge in [-0.1, -0.05) is 42.5 Å². The summed E-state index contributed by atoms with van der Waals surface area (Å²) in [6.45, 7) is 3.40. The molecule has 2 rings (SSSR count). The van der Waals surface area contributed by atoms with Gasteiger partial charge in [0.1, 0.15) is 6.10 Å². The Bertz CT molecular complexity index is 319. The minimum Gasteiger partial charge on any atom is -0.373 e. The van der Waals surface area contributed by atoms with E-state index in [1.165, 1.54) is 5.56 Å². The van der Waals surface area contributed by atoms with Crippen LogP contribution in [0.5, 0.6) is 0 Å². The molecule has 0 bridgehead atoms. The zero-order chi connectivity index (χ0) is 10.5. The molecule has 1 aromatic rings. The molecule has 0 N–H and O–H groups in total. The molecule has 80 valence electrons. The van der Waals surface area contributed by atoms with Gasteiger partial charge in [-0.25, -0.2) is 0 Å². The van der Waals surface area contributed by atoms with E-state index >= 15 is 0 Å². The van der Waals surface area contributed by atoms with Crippen molar-refractivity contribution in [1.82, 2.24) is 0 Å². The Morgan fingerprint density at radius 3 is 2.73 bits per heavy atom. The predicted octanol–water partition coefficient (Wildman–Crippen LogP) is 2.55. The van der Waals surface area contributed by atoms with Gasteiger partial charge in [-0.05, 0) is 12.5 Å². The quantitative estimate of drug-likeness (QED) is 0.417. The van der Waals surface area contributed by atoms with Crippen molar-refractivity contribution in [2.45, 2.75) is 25.7 Å². The molecule has 1 aliphatic heterocycles. The molecule has 0 aliphatic carbocycles. The van der Waals surface area contributed by atoms with Gasteiger partial charge in [-0.3, -0.25) is 0 Å². The van der Waals surface area contributed by atoms with Crippen LogP contribution in [0.4, 0.5) is 0 Å². The Kier molecular flexibility index (Phi) is 3.54. The average Bonchev–Trinajstić information content (AvgIpc) is 2.96. The van der Waals surface area contributed by atoms with Crippen LogP contribution in [0.3, 0.4) is 0 Å². The zero-order valence-corrected chi connectivity index (χ0v) is 8.93. The first-order chi connectivity index (χ1) is 7.36. The summed E-state index contributed by atoms with van der Waals surface area (Å²) < 4.78 is 10.7. The first kappa shape index (κ1) is 10.4. The summed E-state index contributed by atoms with van der Waals surface area (Å²) in [4.78, 5) is 0. The van der Waals surface area contributed by atoms with E-state index in [-0.39, 0.29) is 0 Å². The van der Waals surface area contributed by atoms with Crippen molar-refractivity contribution in [1.29, 1.82) is 0 Å². The van der Waals surface area contributed by atoms with E-state index in [0.29, 0.717) is 25.4 Å². The fraction of sp³-hybridized carbons (Fsp3) is 0.385. The maximum absolute atomic E-state index is 5.49. The third kappa shape index (κ3) is 3.50. The van der Waals surface area contributed by atoms with Crippen molar-refractivity contribution in [3.05, 3.63) is 48.0 Å². The normalized spacial score (nSPS) is 24.6. The van der Waals surface area contributed by atoms with Gasteiger partial charge < -0.3 is 9.47 Å². The zero-order valence-electron chi connectivity index (χ0n) is 8.93. The summed E-state index contributed by atoms with van der Waals surface area (Å²) in [5.41, 5.74) is 1.21. The number of hydrogen-bond acceptors (Lipinski definition) is 2. The van der Waals surface area contributed by atoms with Crippen molar-refractivity contribution >= 4 is 0 Å². The van der Waals surface area contributed by atoms with Gasteiger partial charge in [0.05, 0.1) is 19.3 Å². The Balaban J connectivity index is 1.61. The van der Waals surface area contributed by atoms with E-state index in [1.807, 2.05) is 24.3 Å². The van der Waals surface area contributed by atoms with Gasteiger partial charge in [0.25, 0.3) is 0 Å². The lowest BCUT2D eigenvalue weighted by Gasteiger charge is -2.00. The Morgan fingerprint density at radius 1 is 1.33 bits per heavy atom. The van der Waals surface area contributed by atoms with Crippen LogP contribution < -0.4 is 0 Å². The van der Waals surface area contributed by atoms with E-state index in [2.05, 4.69) is 25.1 Å². The van der Waals surface area contributed by atoms with Gasteiger partial charge in [0, 0.05) is 0 Å². The van der Waals surface area contributed by atoms with Crippen LogP contribution in [0.25, 0.3) is 0 Å². The van der Waals surface area contributed by atoms with Crippen LogP contribution in [-0.4, -0.2) is 18.8 Å². The molecule has 1 saturated heterocycles. The number of ether oxygens (including phenoxy) is 2. The smallest absolute Gasteiger partial charge is 0.102 e. The van der Waals surface area contributed by atoms with Crippen LogP contribution in [0.2, 0.25) is 0 Å². The molecule has 0 amide bonds. The van der Waals surface area contributed by atoms with Crippen LogP contribution >= 0.6 is 0 Å². The highest BCUT2D eigenvalue weighted by Crippen LogP contribution is 2.21. The van der Waals surface area contributed by atoms with Crippen molar-refractivity contribution in [2.24, 2.45) is 0 Å². The molecule has 1 fully saturated rings. The first-order valence-electron chi connectivity index (χ1n) is 5.30. The fourth-order valence-corrected chi connectivity index (χ4v) is 1.41. The lowest BCUT2D eigenvalue weighted by atomic mass is 10.2. The second-order valence-electron chi connectivity index (χ2n) is 3.73. The molecule has 1 heterocycles. The number of hydrogen-bond donors (Lipinski definition) is 0. The lowest BCUT2D eigenvalue weighted by molar-refractivity contribution is 0.148. The maximum Gasteiger partial charge on any atom is 0.102 e. The molecule has 2 heteroatoms. The maximum atomic E-state index is 5.49. The SMILES string of the molecule is C[C@H]1O[C@@H]1/C=C/COCc1ccccc1. The van der Waals surface area contributed by atoms with E-state index in [9.17, 15) is 0 Å². The van der Waals surface area contributed by atoms with Crippen molar-refractivity contribution < 1.29 is 9.47 Å². The van der Waals surface area contributed by atoms with E-state index in [0.717, 1.165) is 0 Å². The molecule has 1 aliphatic rings. The third-order valence-electron chi connectivity index (χ3n) is 2.41. The predicted molar refractivity (Wildman–Crippen MR) is 59.6 cm³/mol. The average molecular weight is 204 g/mol. The van der Waals surface area contributed by atoms with E-state index in [4.69, 9.17) is 9.47 Å². The molecule has 0 saturated carbocycles. The molecular formula is C13H16O2. The molecule has 0 spiro atoms. The third-order valence-corrected chi connectivity index (χ3v) is 2.41. The van der Waals surface area contributed by atoms with Crippen molar-refractivity contribution in [3.8, 4) is 0 Å². The monoisotopic (exact) mass is 204 g/mol. The number of rotatable bonds is 5. The molecule has 0 aromatic heterocycles. The lowest BCUT2D eigenvalue weighted by Crippen LogP contribution is -1.93. The molecular weight excluding hydrogens is 188 g/mol. The Labute approximate surface area is 90.5 Å². The van der Waals surface area contributed by atoms with E-state index < -0.39 is 0 Å². The molecule has 2 atom stereocenters. The molecule has 15 heavy (non-hydrogen) atoms. The molecule has 1 aromatic carbocycles. The second kappa shape index (κ2) is 5.10. The molecule has 0 unspecified atom stereocenters. The van der Waals surface area contributed by atoms with Crippen LogP contribution in [0, 0.1) is 0 Å². The summed E-state index contributed by atoms with van der Waals surface area (Å²) >= 11 is 0. The number of benzene rings is 1. The molecule has 0 radical (unpaired) electrons. The first-order valence-corrected chi connectivity index (χ1v) is 5.30. The van der Waals surface area contributed by atoms with Crippen LogP contribution in [0.15, 0.2) is 42.5 Å². The number of epoxide rings is 1. The summed E-state index contributed by atoms with van der Waals surface area (Å²) in [7, 11) is 0. The van der Waals surface area contributed by atoms with Gasteiger partial charge in [-0.2, -0.15) is 0 Å². The van der Waals surface area contributed by atoms with Gasteiger partial charge in [-0.15, -0.1) is 0 Å². The van der Waals surface area contributed by atoms with Gasteiger partial charge in [0.2, 0.25) is 0 Å². The standard InChI is InChI=1S/C13H16O2/c1-11-13(15-11)8-5-9-14-10-12-6-3-2-4-7-12/h2-8,11,13H,9-10H2,1H3/b8-5+/t11-,13-/m1/s1. The highest BCUT2D eigenvalue weighted by atomic mass is 16.6. The Hall–Kier alpha value is -1.12. The van der Waals surface area contributed by atoms with Crippen molar-refractivity contribution in [2.75, 3.05) is 6.61 Å². The van der Waals surface area contributed by atoms with Crippen molar-refractivity contribution in [3.63, 3.8) is 0 Å². The fourth-order valence-electron chi connectivity index (χ4n) is 1.41. The molecule has 2 nitrogen and oxygen atoms in total. The minimum absolute atomic E-state index is 0.324. The topological polar surface area (TPSA) is 21.8 Å². The minimum atomic E-state index is 0.324. The van der Waals surface area contributed by atoms with Crippen LogP contribution in [-0.2, 0) is 16.1 Å². The van der Waals surface area contributed by atoms with Crippen LogP contribution in [0.1, 0.15) is 12.5 Å². The van der Waals surface area contributed by atoms with Gasteiger partial charge >= 0.3 is 0 Å². The summed E-state index contributed by atoms with van der Waals surface area (Å²) in [5.74, 6) is 0.